The third kappa shape index (κ3) is 3.73. The fourth-order valence-electron chi connectivity index (χ4n) is 1.55. The molecule has 0 amide bonds. The van der Waals surface area contributed by atoms with E-state index in [1.165, 1.54) is 11.1 Å². The van der Waals surface area contributed by atoms with Gasteiger partial charge in [-0.05, 0) is 30.2 Å². The van der Waals surface area contributed by atoms with E-state index in [1.807, 2.05) is 13.1 Å². The second kappa shape index (κ2) is 6.70. The highest BCUT2D eigenvalue weighted by molar-refractivity contribution is 5.85. The normalized spacial score (nSPS) is 9.93. The van der Waals surface area contributed by atoms with Crippen molar-refractivity contribution in [3.05, 3.63) is 29.3 Å². The van der Waals surface area contributed by atoms with Gasteiger partial charge < -0.3 is 10.1 Å². The summed E-state index contributed by atoms with van der Waals surface area (Å²) in [4.78, 5) is 0. The van der Waals surface area contributed by atoms with Crippen molar-refractivity contribution < 1.29 is 4.74 Å². The van der Waals surface area contributed by atoms with Crippen LogP contribution in [0.5, 0.6) is 5.75 Å². The number of benzene rings is 1. The highest BCUT2D eigenvalue weighted by Crippen LogP contribution is 2.27. The van der Waals surface area contributed by atoms with Crippen molar-refractivity contribution in [1.29, 1.82) is 0 Å². The van der Waals surface area contributed by atoms with Gasteiger partial charge in [-0.1, -0.05) is 26.0 Å². The van der Waals surface area contributed by atoms with Gasteiger partial charge in [0.25, 0.3) is 0 Å². The molecule has 0 aliphatic carbocycles. The fourth-order valence-corrected chi connectivity index (χ4v) is 1.55. The molecule has 0 radical (unpaired) electrons. The molecule has 86 valence electrons. The van der Waals surface area contributed by atoms with Crippen LogP contribution >= 0.6 is 12.4 Å². The molecule has 0 aliphatic rings. The van der Waals surface area contributed by atoms with Crippen LogP contribution in [0.4, 0.5) is 0 Å². The number of hydrogen-bond donors (Lipinski definition) is 1. The van der Waals surface area contributed by atoms with Gasteiger partial charge in [0, 0.05) is 6.54 Å². The van der Waals surface area contributed by atoms with E-state index in [0.29, 0.717) is 5.92 Å². The maximum atomic E-state index is 5.32. The van der Waals surface area contributed by atoms with E-state index in [2.05, 4.69) is 31.3 Å². The first-order chi connectivity index (χ1) is 6.69. The van der Waals surface area contributed by atoms with Crippen molar-refractivity contribution >= 4 is 12.4 Å². The van der Waals surface area contributed by atoms with Crippen LogP contribution in [-0.4, -0.2) is 14.2 Å². The zero-order valence-electron chi connectivity index (χ0n) is 9.83. The Morgan fingerprint density at radius 1 is 1.33 bits per heavy atom. The maximum absolute atomic E-state index is 5.32. The monoisotopic (exact) mass is 229 g/mol. The minimum absolute atomic E-state index is 0. The molecule has 0 aromatic heterocycles. The molecule has 15 heavy (non-hydrogen) atoms. The average Bonchev–Trinajstić information content (AvgIpc) is 2.18. The Balaban J connectivity index is 0.00000196. The average molecular weight is 230 g/mol. The van der Waals surface area contributed by atoms with E-state index in [9.17, 15) is 0 Å². The molecule has 0 spiro atoms. The van der Waals surface area contributed by atoms with Gasteiger partial charge in [0.15, 0.2) is 0 Å². The van der Waals surface area contributed by atoms with Crippen LogP contribution in [0.2, 0.25) is 0 Å². The highest BCUT2D eigenvalue weighted by atomic mass is 35.5. The Morgan fingerprint density at radius 3 is 2.47 bits per heavy atom. The van der Waals surface area contributed by atoms with Crippen molar-refractivity contribution in [3.8, 4) is 5.75 Å². The lowest BCUT2D eigenvalue weighted by atomic mass is 9.99. The molecule has 1 aromatic carbocycles. The molecule has 2 nitrogen and oxygen atoms in total. The van der Waals surface area contributed by atoms with Gasteiger partial charge in [-0.15, -0.1) is 12.4 Å². The Bertz CT molecular complexity index is 300. The summed E-state index contributed by atoms with van der Waals surface area (Å²) in [6.45, 7) is 5.27. The highest BCUT2D eigenvalue weighted by Gasteiger charge is 2.07. The van der Waals surface area contributed by atoms with Gasteiger partial charge in [0.1, 0.15) is 5.75 Å². The van der Waals surface area contributed by atoms with E-state index >= 15 is 0 Å². The van der Waals surface area contributed by atoms with Gasteiger partial charge in [0.05, 0.1) is 7.11 Å². The zero-order chi connectivity index (χ0) is 10.6. The van der Waals surface area contributed by atoms with Crippen LogP contribution in [0.3, 0.4) is 0 Å². The van der Waals surface area contributed by atoms with Gasteiger partial charge in [-0.3, -0.25) is 0 Å². The molecule has 0 unspecified atom stereocenters. The van der Waals surface area contributed by atoms with Crippen LogP contribution in [0.1, 0.15) is 30.9 Å². The summed E-state index contributed by atoms with van der Waals surface area (Å²) in [5.74, 6) is 1.49. The van der Waals surface area contributed by atoms with Crippen molar-refractivity contribution in [2.45, 2.75) is 26.3 Å². The molecule has 1 rings (SSSR count). The molecule has 0 heterocycles. The number of rotatable bonds is 4. The first kappa shape index (κ1) is 14.3. The minimum atomic E-state index is 0. The first-order valence-electron chi connectivity index (χ1n) is 5.00. The molecule has 0 saturated carbocycles. The lowest BCUT2D eigenvalue weighted by molar-refractivity contribution is 0.407. The van der Waals surface area contributed by atoms with Gasteiger partial charge in [-0.2, -0.15) is 0 Å². The molecule has 0 saturated heterocycles. The van der Waals surface area contributed by atoms with Crippen LogP contribution in [-0.2, 0) is 6.54 Å². The molecule has 0 fully saturated rings. The minimum Gasteiger partial charge on any atom is -0.496 e. The first-order valence-corrected chi connectivity index (χ1v) is 5.00. The molecule has 0 bridgehead atoms. The van der Waals surface area contributed by atoms with Crippen molar-refractivity contribution in [1.82, 2.24) is 5.32 Å². The molecule has 3 heteroatoms. The largest absolute Gasteiger partial charge is 0.496 e. The Labute approximate surface area is 98.4 Å². The fraction of sp³-hybridized carbons (Fsp3) is 0.500. The van der Waals surface area contributed by atoms with E-state index < -0.39 is 0 Å². The standard InChI is InChI=1S/C12H19NO.ClH/c1-9(2)11-7-10(8-13-3)5-6-12(11)14-4;/h5-7,9,13H,8H2,1-4H3;1H. The SMILES string of the molecule is CNCc1ccc(OC)c(C(C)C)c1.Cl. The number of methoxy groups -OCH3 is 1. The molecule has 1 aromatic rings. The summed E-state index contributed by atoms with van der Waals surface area (Å²) in [6.07, 6.45) is 0. The van der Waals surface area contributed by atoms with E-state index in [-0.39, 0.29) is 12.4 Å². The summed E-state index contributed by atoms with van der Waals surface area (Å²) in [7, 11) is 3.68. The summed E-state index contributed by atoms with van der Waals surface area (Å²) in [5, 5.41) is 3.15. The predicted molar refractivity (Wildman–Crippen MR) is 67.1 cm³/mol. The third-order valence-corrected chi connectivity index (χ3v) is 2.30. The number of hydrogen-bond acceptors (Lipinski definition) is 2. The van der Waals surface area contributed by atoms with Crippen molar-refractivity contribution in [2.75, 3.05) is 14.2 Å². The topological polar surface area (TPSA) is 21.3 Å². The Morgan fingerprint density at radius 2 is 2.00 bits per heavy atom. The lowest BCUT2D eigenvalue weighted by Gasteiger charge is -2.13. The Hall–Kier alpha value is -0.730. The van der Waals surface area contributed by atoms with Crippen LogP contribution < -0.4 is 10.1 Å². The molecule has 1 N–H and O–H groups in total. The van der Waals surface area contributed by atoms with E-state index in [4.69, 9.17) is 4.74 Å². The summed E-state index contributed by atoms with van der Waals surface area (Å²) >= 11 is 0. The maximum Gasteiger partial charge on any atom is 0.122 e. The molecule has 0 atom stereocenters. The lowest BCUT2D eigenvalue weighted by Crippen LogP contribution is -2.06. The zero-order valence-corrected chi connectivity index (χ0v) is 10.6. The second-order valence-corrected chi connectivity index (χ2v) is 3.76. The van der Waals surface area contributed by atoms with Gasteiger partial charge in [0.2, 0.25) is 0 Å². The number of nitrogens with one attached hydrogen (secondary N) is 1. The Kier molecular flexibility index (Phi) is 6.37. The van der Waals surface area contributed by atoms with Gasteiger partial charge >= 0.3 is 0 Å². The number of halogens is 1. The summed E-state index contributed by atoms with van der Waals surface area (Å²) in [5.41, 5.74) is 2.58. The van der Waals surface area contributed by atoms with Crippen LogP contribution in [0.25, 0.3) is 0 Å². The smallest absolute Gasteiger partial charge is 0.122 e. The van der Waals surface area contributed by atoms with Crippen molar-refractivity contribution in [3.63, 3.8) is 0 Å². The molecular weight excluding hydrogens is 210 g/mol. The predicted octanol–water partition coefficient (Wildman–Crippen LogP) is 2.96. The number of ether oxygens (including phenoxy) is 1. The van der Waals surface area contributed by atoms with Crippen molar-refractivity contribution in [2.24, 2.45) is 0 Å². The van der Waals surface area contributed by atoms with Gasteiger partial charge in [-0.25, -0.2) is 0 Å². The molecular formula is C12H20ClNO. The van der Waals surface area contributed by atoms with E-state index in [1.54, 1.807) is 7.11 Å². The van der Waals surface area contributed by atoms with Crippen LogP contribution in [0.15, 0.2) is 18.2 Å². The quantitative estimate of drug-likeness (QED) is 0.857. The second-order valence-electron chi connectivity index (χ2n) is 3.76. The van der Waals surface area contributed by atoms with Crippen LogP contribution in [0, 0.1) is 0 Å². The summed E-state index contributed by atoms with van der Waals surface area (Å²) in [6, 6.07) is 6.35. The summed E-state index contributed by atoms with van der Waals surface area (Å²) < 4.78 is 5.32. The van der Waals surface area contributed by atoms with E-state index in [0.717, 1.165) is 12.3 Å². The third-order valence-electron chi connectivity index (χ3n) is 2.30. The molecule has 0 aliphatic heterocycles.